The van der Waals surface area contributed by atoms with Crippen LogP contribution in [0.5, 0.6) is 0 Å². The fourth-order valence-corrected chi connectivity index (χ4v) is 4.14. The van der Waals surface area contributed by atoms with Crippen LogP contribution in [0, 0.1) is 0 Å². The van der Waals surface area contributed by atoms with Gasteiger partial charge < -0.3 is 19.7 Å². The topological polar surface area (TPSA) is 63.7 Å². The van der Waals surface area contributed by atoms with E-state index in [9.17, 15) is 4.79 Å². The number of aryl methyl sites for hydroxylation is 2. The molecule has 0 saturated carbocycles. The number of hydrogen-bond acceptors (Lipinski definition) is 5. The minimum absolute atomic E-state index is 0.0140. The van der Waals surface area contributed by atoms with Crippen LogP contribution in [0.1, 0.15) is 48.2 Å². The number of anilines is 2. The molecule has 1 spiro atoms. The Balaban J connectivity index is 1.43. The Labute approximate surface area is 172 Å². The highest BCUT2D eigenvalue weighted by Crippen LogP contribution is 2.32. The second kappa shape index (κ2) is 8.51. The summed E-state index contributed by atoms with van der Waals surface area (Å²) in [5.41, 5.74) is 4.27. The van der Waals surface area contributed by atoms with E-state index in [1.54, 1.807) is 6.20 Å². The number of nitrogens with one attached hydrogen (secondary N) is 1. The smallest absolute Gasteiger partial charge is 0.255 e. The van der Waals surface area contributed by atoms with Gasteiger partial charge in [0.25, 0.3) is 5.91 Å². The maximum atomic E-state index is 12.9. The summed E-state index contributed by atoms with van der Waals surface area (Å²) < 4.78 is 11.5. The standard InChI is InChI=1S/C23H29N3O3/c1-3-17-6-5-7-18(4-2)21(17)25-20-9-8-19(16-24-20)22(27)26-12-10-23(11-13-26)28-14-15-29-23/h5-9,16H,3-4,10-15H2,1-2H3,(H,24,25). The molecule has 2 aromatic rings. The van der Waals surface area contributed by atoms with Crippen molar-refractivity contribution in [2.24, 2.45) is 0 Å². The van der Waals surface area contributed by atoms with Crippen LogP contribution < -0.4 is 5.32 Å². The molecule has 2 saturated heterocycles. The van der Waals surface area contributed by atoms with Crippen molar-refractivity contribution in [1.29, 1.82) is 0 Å². The highest BCUT2D eigenvalue weighted by molar-refractivity contribution is 5.94. The van der Waals surface area contributed by atoms with Gasteiger partial charge >= 0.3 is 0 Å². The van der Waals surface area contributed by atoms with Gasteiger partial charge in [0, 0.05) is 37.8 Å². The first-order chi connectivity index (χ1) is 14.1. The molecule has 2 aliphatic heterocycles. The van der Waals surface area contributed by atoms with Gasteiger partial charge in [0.1, 0.15) is 5.82 Å². The van der Waals surface area contributed by atoms with E-state index in [0.29, 0.717) is 31.9 Å². The summed E-state index contributed by atoms with van der Waals surface area (Å²) in [5, 5.41) is 3.45. The average molecular weight is 396 g/mol. The number of piperidine rings is 1. The second-order valence-corrected chi connectivity index (χ2v) is 7.62. The summed E-state index contributed by atoms with van der Waals surface area (Å²) >= 11 is 0. The Bertz CT molecular complexity index is 828. The molecule has 2 aliphatic rings. The molecule has 1 N–H and O–H groups in total. The first-order valence-corrected chi connectivity index (χ1v) is 10.5. The number of benzene rings is 1. The Morgan fingerprint density at radius 3 is 2.28 bits per heavy atom. The molecule has 29 heavy (non-hydrogen) atoms. The van der Waals surface area contributed by atoms with Crippen LogP contribution in [-0.2, 0) is 22.3 Å². The zero-order chi connectivity index (χ0) is 20.3. The fraction of sp³-hybridized carbons (Fsp3) is 0.478. The van der Waals surface area contributed by atoms with Crippen LogP contribution in [0.2, 0.25) is 0 Å². The van der Waals surface area contributed by atoms with Crippen molar-refractivity contribution in [3.8, 4) is 0 Å². The van der Waals surface area contributed by atoms with Crippen molar-refractivity contribution in [3.63, 3.8) is 0 Å². The van der Waals surface area contributed by atoms with Gasteiger partial charge in [-0.15, -0.1) is 0 Å². The van der Waals surface area contributed by atoms with Gasteiger partial charge in [-0.05, 0) is 36.1 Å². The van der Waals surface area contributed by atoms with Gasteiger partial charge in [0.15, 0.2) is 5.79 Å². The molecule has 1 aromatic heterocycles. The Morgan fingerprint density at radius 1 is 1.07 bits per heavy atom. The highest BCUT2D eigenvalue weighted by Gasteiger charge is 2.40. The lowest BCUT2D eigenvalue weighted by molar-refractivity contribution is -0.181. The van der Waals surface area contributed by atoms with Gasteiger partial charge in [0.2, 0.25) is 0 Å². The van der Waals surface area contributed by atoms with Crippen molar-refractivity contribution < 1.29 is 14.3 Å². The van der Waals surface area contributed by atoms with Crippen LogP contribution in [-0.4, -0.2) is 47.9 Å². The molecule has 0 bridgehead atoms. The molecule has 3 heterocycles. The van der Waals surface area contributed by atoms with Gasteiger partial charge in [-0.3, -0.25) is 4.79 Å². The summed E-state index contributed by atoms with van der Waals surface area (Å²) in [6.45, 7) is 6.88. The molecule has 4 rings (SSSR count). The number of rotatable bonds is 5. The van der Waals surface area contributed by atoms with Crippen molar-refractivity contribution in [2.45, 2.75) is 45.3 Å². The third-order valence-electron chi connectivity index (χ3n) is 5.89. The minimum atomic E-state index is -0.466. The second-order valence-electron chi connectivity index (χ2n) is 7.62. The van der Waals surface area contributed by atoms with E-state index >= 15 is 0 Å². The van der Waals surface area contributed by atoms with Crippen LogP contribution in [0.4, 0.5) is 11.5 Å². The van der Waals surface area contributed by atoms with Gasteiger partial charge in [-0.1, -0.05) is 32.0 Å². The Kier molecular flexibility index (Phi) is 5.83. The predicted octanol–water partition coefficient (Wildman–Crippen LogP) is 3.93. The van der Waals surface area contributed by atoms with E-state index in [2.05, 4.69) is 42.3 Å². The number of carbonyl (C=O) groups is 1. The number of ether oxygens (including phenoxy) is 2. The molecular weight excluding hydrogens is 366 g/mol. The highest BCUT2D eigenvalue weighted by atomic mass is 16.7. The summed E-state index contributed by atoms with van der Waals surface area (Å²) in [5.74, 6) is 0.300. The molecule has 6 heteroatoms. The maximum absolute atomic E-state index is 12.9. The lowest BCUT2D eigenvalue weighted by Crippen LogP contribution is -2.47. The van der Waals surface area contributed by atoms with Gasteiger partial charge in [-0.25, -0.2) is 4.98 Å². The monoisotopic (exact) mass is 395 g/mol. The summed E-state index contributed by atoms with van der Waals surface area (Å²) in [6, 6.07) is 10.1. The number of likely N-dealkylation sites (tertiary alicyclic amines) is 1. The number of carbonyl (C=O) groups excluding carboxylic acids is 1. The Morgan fingerprint density at radius 2 is 1.72 bits per heavy atom. The quantitative estimate of drug-likeness (QED) is 0.831. The van der Waals surface area contributed by atoms with Gasteiger partial charge in [-0.2, -0.15) is 0 Å². The molecular formula is C23H29N3O3. The van der Waals surface area contributed by atoms with Crippen molar-refractivity contribution >= 4 is 17.4 Å². The first-order valence-electron chi connectivity index (χ1n) is 10.5. The van der Waals surface area contributed by atoms with E-state index in [-0.39, 0.29) is 5.91 Å². The largest absolute Gasteiger partial charge is 0.347 e. The number of hydrogen-bond donors (Lipinski definition) is 1. The van der Waals surface area contributed by atoms with Crippen LogP contribution in [0.3, 0.4) is 0 Å². The molecule has 1 aromatic carbocycles. The summed E-state index contributed by atoms with van der Waals surface area (Å²) in [7, 11) is 0. The predicted molar refractivity (Wildman–Crippen MR) is 112 cm³/mol. The van der Waals surface area contributed by atoms with E-state index in [0.717, 1.165) is 37.2 Å². The third-order valence-corrected chi connectivity index (χ3v) is 5.89. The van der Waals surface area contributed by atoms with Crippen LogP contribution in [0.25, 0.3) is 0 Å². The van der Waals surface area contributed by atoms with Gasteiger partial charge in [0.05, 0.1) is 18.8 Å². The van der Waals surface area contributed by atoms with E-state index < -0.39 is 5.79 Å². The lowest BCUT2D eigenvalue weighted by Gasteiger charge is -2.37. The number of pyridine rings is 1. The molecule has 6 nitrogen and oxygen atoms in total. The fourth-order valence-electron chi connectivity index (χ4n) is 4.14. The van der Waals surface area contributed by atoms with E-state index in [1.165, 1.54) is 11.1 Å². The first kappa shape index (κ1) is 19.9. The average Bonchev–Trinajstić information content (AvgIpc) is 3.22. The van der Waals surface area contributed by atoms with Crippen molar-refractivity contribution in [3.05, 3.63) is 53.2 Å². The van der Waals surface area contributed by atoms with Crippen LogP contribution in [0.15, 0.2) is 36.5 Å². The number of aromatic nitrogens is 1. The lowest BCUT2D eigenvalue weighted by atomic mass is 10.0. The summed E-state index contributed by atoms with van der Waals surface area (Å²) in [4.78, 5) is 19.2. The van der Waals surface area contributed by atoms with E-state index in [1.807, 2.05) is 17.0 Å². The molecule has 0 atom stereocenters. The number of amides is 1. The minimum Gasteiger partial charge on any atom is -0.347 e. The SMILES string of the molecule is CCc1cccc(CC)c1Nc1ccc(C(=O)N2CCC3(CC2)OCCO3)cn1. The van der Waals surface area contributed by atoms with E-state index in [4.69, 9.17) is 9.47 Å². The molecule has 0 radical (unpaired) electrons. The number of para-hydroxylation sites is 1. The molecule has 0 unspecified atom stereocenters. The molecule has 0 aliphatic carbocycles. The zero-order valence-electron chi connectivity index (χ0n) is 17.2. The molecule has 154 valence electrons. The maximum Gasteiger partial charge on any atom is 0.255 e. The molecule has 2 fully saturated rings. The Hall–Kier alpha value is -2.44. The summed E-state index contributed by atoms with van der Waals surface area (Å²) in [6.07, 6.45) is 5.02. The zero-order valence-corrected chi connectivity index (χ0v) is 17.2. The van der Waals surface area contributed by atoms with Crippen molar-refractivity contribution in [2.75, 3.05) is 31.6 Å². The third kappa shape index (κ3) is 4.14. The van der Waals surface area contributed by atoms with Crippen LogP contribution >= 0.6 is 0 Å². The number of nitrogens with zero attached hydrogens (tertiary/aromatic N) is 2. The molecule has 1 amide bonds. The van der Waals surface area contributed by atoms with Crippen molar-refractivity contribution in [1.82, 2.24) is 9.88 Å². The normalized spacial score (nSPS) is 18.2.